The molecule has 7 nitrogen and oxygen atoms in total. The minimum Gasteiger partial charge on any atom is -0.494 e. The fourth-order valence-electron chi connectivity index (χ4n) is 4.66. The van der Waals surface area contributed by atoms with E-state index < -0.39 is 12.1 Å². The van der Waals surface area contributed by atoms with Crippen molar-refractivity contribution < 1.29 is 28.6 Å². The van der Waals surface area contributed by atoms with Crippen molar-refractivity contribution in [3.63, 3.8) is 0 Å². The van der Waals surface area contributed by atoms with Gasteiger partial charge in [0.1, 0.15) is 11.9 Å². The Hall–Kier alpha value is -2.55. The van der Waals surface area contributed by atoms with E-state index in [4.69, 9.17) is 9.47 Å². The highest BCUT2D eigenvalue weighted by Gasteiger charge is 2.26. The lowest BCUT2D eigenvalue weighted by atomic mass is 9.98. The first-order valence-corrected chi connectivity index (χ1v) is 13.4. The third-order valence-electron chi connectivity index (χ3n) is 6.89. The van der Waals surface area contributed by atoms with Crippen molar-refractivity contribution in [2.45, 2.75) is 69.6 Å². The third-order valence-corrected chi connectivity index (χ3v) is 6.89. The zero-order chi connectivity index (χ0) is 26.5. The van der Waals surface area contributed by atoms with Gasteiger partial charge in [0.15, 0.2) is 5.78 Å². The van der Waals surface area contributed by atoms with Gasteiger partial charge in [0, 0.05) is 32.1 Å². The van der Waals surface area contributed by atoms with Crippen LogP contribution in [0.15, 0.2) is 48.1 Å². The number of carbonyl (C=O) groups excluding carboxylic acids is 2. The number of hydrogen-bond acceptors (Lipinski definition) is 6. The molecule has 1 fully saturated rings. The Labute approximate surface area is 219 Å². The molecule has 1 aliphatic heterocycles. The number of halogens is 1. The number of allylic oxidation sites excluding steroid dienone is 2. The smallest absolute Gasteiger partial charge is 0.220 e. The van der Waals surface area contributed by atoms with Crippen molar-refractivity contribution in [3.8, 4) is 5.75 Å². The van der Waals surface area contributed by atoms with Crippen LogP contribution in [0.1, 0.15) is 63.0 Å². The van der Waals surface area contributed by atoms with Gasteiger partial charge in [0.05, 0.1) is 25.4 Å². The molecule has 0 radical (unpaired) electrons. The maximum atomic E-state index is 12.8. The Kier molecular flexibility index (Phi) is 12.3. The summed E-state index contributed by atoms with van der Waals surface area (Å²) in [6, 6.07) is 6.72. The second-order valence-corrected chi connectivity index (χ2v) is 9.75. The largest absolute Gasteiger partial charge is 0.494 e. The number of methoxy groups -OCH3 is 1. The van der Waals surface area contributed by atoms with Crippen LogP contribution in [0, 0.1) is 0 Å². The maximum absolute atomic E-state index is 12.8. The van der Waals surface area contributed by atoms with Gasteiger partial charge < -0.3 is 24.8 Å². The van der Waals surface area contributed by atoms with E-state index in [1.165, 1.54) is 0 Å². The van der Waals surface area contributed by atoms with Gasteiger partial charge in [-0.15, -0.1) is 0 Å². The normalized spacial score (nSPS) is 19.3. The molecule has 1 aliphatic carbocycles. The summed E-state index contributed by atoms with van der Waals surface area (Å²) in [6.45, 7) is 2.56. The van der Waals surface area contributed by atoms with E-state index >= 15 is 0 Å². The predicted molar refractivity (Wildman–Crippen MR) is 141 cm³/mol. The number of likely N-dealkylation sites (tertiary alicyclic amines) is 1. The van der Waals surface area contributed by atoms with Gasteiger partial charge in [-0.3, -0.25) is 14.0 Å². The lowest BCUT2D eigenvalue weighted by molar-refractivity contribution is -0.123. The predicted octanol–water partition coefficient (Wildman–Crippen LogP) is 4.07. The molecule has 1 heterocycles. The summed E-state index contributed by atoms with van der Waals surface area (Å²) >= 11 is 0. The molecule has 37 heavy (non-hydrogen) atoms. The minimum atomic E-state index is -0.877. The van der Waals surface area contributed by atoms with E-state index in [2.05, 4.69) is 10.2 Å². The van der Waals surface area contributed by atoms with Gasteiger partial charge in [-0.2, -0.15) is 0 Å². The number of aliphatic hydroxyl groups is 1. The number of nitrogens with zero attached hydrogens (tertiary/aromatic N) is 1. The Morgan fingerprint density at radius 1 is 1.14 bits per heavy atom. The number of carbonyl (C=O) groups is 2. The summed E-state index contributed by atoms with van der Waals surface area (Å²) in [5.41, 5.74) is 1.37. The van der Waals surface area contributed by atoms with Crippen LogP contribution >= 0.6 is 0 Å². The summed E-state index contributed by atoms with van der Waals surface area (Å²) in [6.07, 6.45) is 9.71. The average Bonchev–Trinajstić information content (AvgIpc) is 3.44. The molecule has 2 N–H and O–H groups in total. The summed E-state index contributed by atoms with van der Waals surface area (Å²) < 4.78 is 23.1. The van der Waals surface area contributed by atoms with Gasteiger partial charge in [0.2, 0.25) is 5.91 Å². The second kappa shape index (κ2) is 15.6. The molecule has 204 valence electrons. The van der Waals surface area contributed by atoms with Crippen molar-refractivity contribution in [1.29, 1.82) is 0 Å². The molecule has 1 aromatic carbocycles. The number of nitrogens with one attached hydrogen (secondary N) is 1. The molecule has 0 saturated carbocycles. The molecule has 0 spiro atoms. The summed E-state index contributed by atoms with van der Waals surface area (Å²) in [4.78, 5) is 27.5. The topological polar surface area (TPSA) is 88.1 Å². The summed E-state index contributed by atoms with van der Waals surface area (Å²) in [5, 5.41) is 14.2. The first kappa shape index (κ1) is 29.0. The SMILES string of the molecule is COC1C=CC(C(=O)CCCC(=O)N[C@H](CN2CCCC2)[C@H](O)c2ccc(OCCCCF)cc2)=CC1. The molecule has 1 saturated heterocycles. The van der Waals surface area contributed by atoms with Crippen molar-refractivity contribution in [3.05, 3.63) is 53.6 Å². The number of ether oxygens (including phenoxy) is 2. The number of amides is 1. The van der Waals surface area contributed by atoms with Crippen molar-refractivity contribution >= 4 is 11.7 Å². The van der Waals surface area contributed by atoms with Crippen molar-refractivity contribution in [1.82, 2.24) is 10.2 Å². The van der Waals surface area contributed by atoms with Gasteiger partial charge in [-0.1, -0.05) is 30.4 Å². The third kappa shape index (κ3) is 9.68. The number of hydrogen-bond donors (Lipinski definition) is 2. The molecule has 0 bridgehead atoms. The first-order chi connectivity index (χ1) is 18.0. The van der Waals surface area contributed by atoms with Crippen LogP contribution < -0.4 is 10.1 Å². The summed E-state index contributed by atoms with van der Waals surface area (Å²) in [7, 11) is 1.64. The highest BCUT2D eigenvalue weighted by Crippen LogP contribution is 2.23. The lowest BCUT2D eigenvalue weighted by Gasteiger charge is -2.29. The number of rotatable bonds is 16. The van der Waals surface area contributed by atoms with Gasteiger partial charge in [-0.25, -0.2) is 0 Å². The average molecular weight is 517 g/mol. The fourth-order valence-corrected chi connectivity index (χ4v) is 4.66. The zero-order valence-electron chi connectivity index (χ0n) is 21.9. The summed E-state index contributed by atoms with van der Waals surface area (Å²) in [5.74, 6) is 0.524. The number of ketones is 1. The number of alkyl halides is 1. The van der Waals surface area contributed by atoms with Crippen molar-refractivity contribution in [2.24, 2.45) is 0 Å². The standard InChI is InChI=1S/C29H41FN2O5/c1-36-24-13-9-22(10-14-24)27(33)7-6-8-28(34)31-26(21-32-18-3-4-19-32)29(35)23-11-15-25(16-12-23)37-20-5-2-17-30/h9-13,15-16,24,26,29,35H,2-8,14,17-21H2,1H3,(H,31,34)/t24?,26-,29-/m1/s1. The number of unbranched alkanes of at least 4 members (excludes halogenated alkanes) is 1. The maximum Gasteiger partial charge on any atom is 0.220 e. The fraction of sp³-hybridized carbons (Fsp3) is 0.586. The molecule has 3 atom stereocenters. The molecular formula is C29H41FN2O5. The van der Waals surface area contributed by atoms with Crippen LogP contribution in [0.3, 0.4) is 0 Å². The molecule has 1 amide bonds. The molecule has 2 aliphatic rings. The molecular weight excluding hydrogens is 475 g/mol. The van der Waals surface area contributed by atoms with Gasteiger partial charge in [0.25, 0.3) is 0 Å². The van der Waals surface area contributed by atoms with E-state index in [1.807, 2.05) is 12.2 Å². The minimum absolute atomic E-state index is 0.0115. The molecule has 1 unspecified atom stereocenters. The Morgan fingerprint density at radius 2 is 1.89 bits per heavy atom. The Balaban J connectivity index is 1.51. The lowest BCUT2D eigenvalue weighted by Crippen LogP contribution is -2.46. The highest BCUT2D eigenvalue weighted by atomic mass is 19.1. The molecule has 8 heteroatoms. The zero-order valence-corrected chi connectivity index (χ0v) is 21.9. The quantitative estimate of drug-likeness (QED) is 0.322. The molecule has 0 aromatic heterocycles. The van der Waals surface area contributed by atoms with Crippen molar-refractivity contribution in [2.75, 3.05) is 40.0 Å². The van der Waals surface area contributed by atoms with Gasteiger partial charge >= 0.3 is 0 Å². The van der Waals surface area contributed by atoms with E-state index in [0.29, 0.717) is 62.1 Å². The second-order valence-electron chi connectivity index (χ2n) is 9.75. The van der Waals surface area contributed by atoms with Crippen LogP contribution in [-0.4, -0.2) is 73.9 Å². The number of Topliss-reactive ketones (excluding diaryl/α,β-unsaturated/α-hetero) is 1. The van der Waals surface area contributed by atoms with E-state index in [0.717, 1.165) is 25.9 Å². The van der Waals surface area contributed by atoms with Crippen LogP contribution in [0.4, 0.5) is 4.39 Å². The van der Waals surface area contributed by atoms with E-state index in [9.17, 15) is 19.1 Å². The highest BCUT2D eigenvalue weighted by molar-refractivity contribution is 5.98. The molecule has 1 aromatic rings. The number of aliphatic hydroxyl groups excluding tert-OH is 1. The Morgan fingerprint density at radius 3 is 2.54 bits per heavy atom. The number of benzene rings is 1. The van der Waals surface area contributed by atoms with Crippen LogP contribution in [0.2, 0.25) is 0 Å². The van der Waals surface area contributed by atoms with Crippen LogP contribution in [-0.2, 0) is 14.3 Å². The first-order valence-electron chi connectivity index (χ1n) is 13.4. The Bertz CT molecular complexity index is 911. The van der Waals surface area contributed by atoms with Crippen LogP contribution in [0.5, 0.6) is 5.75 Å². The van der Waals surface area contributed by atoms with Gasteiger partial charge in [-0.05, 0) is 69.3 Å². The monoisotopic (exact) mass is 516 g/mol. The van der Waals surface area contributed by atoms with Crippen LogP contribution in [0.25, 0.3) is 0 Å². The van der Waals surface area contributed by atoms with E-state index in [-0.39, 0.29) is 30.9 Å². The molecule has 3 rings (SSSR count). The van der Waals surface area contributed by atoms with E-state index in [1.54, 1.807) is 37.5 Å².